The summed E-state index contributed by atoms with van der Waals surface area (Å²) in [6.45, 7) is 5.08. The lowest BCUT2D eigenvalue weighted by molar-refractivity contribution is -0.142. The van der Waals surface area contributed by atoms with Gasteiger partial charge in [0.05, 0.1) is 0 Å². The topological polar surface area (TPSA) is 475 Å². The lowest BCUT2D eigenvalue weighted by Crippen LogP contribution is -2.61. The first-order valence-electron chi connectivity index (χ1n) is 33.0. The van der Waals surface area contributed by atoms with Crippen molar-refractivity contribution in [3.8, 4) is 0 Å². The van der Waals surface area contributed by atoms with Gasteiger partial charge < -0.3 is 80.6 Å². The Morgan fingerprint density at radius 3 is 1.77 bits per heavy atom. The number of guanidine groups is 2. The molecule has 4 heterocycles. The molecule has 5 aromatic rings. The number of pyridine rings is 2. The van der Waals surface area contributed by atoms with Gasteiger partial charge in [-0.05, 0) is 108 Å². The summed E-state index contributed by atoms with van der Waals surface area (Å²) in [4.78, 5) is 170. The SMILES string of the molecule is CC(=O)N[C@H](Cc1ccc2ccccc2c1)C(=O)N[C@H](Cc1ccc(Cl)cc1)C(=O)N[C@H](Cc1cccnc1)C(=O)N[C@H]1SSC[C@@H](C(N)=O)NC(=O)[C@@H]2CCCN2C(=O)[C@H](CCCNC(=N)N)NC(=O)[C@H](CC(C)C)NC(=O)[C@@H](Cc2cccnc2)NC(=O)[C@H](CCCNC(=N)N)NC1=O. The Morgan fingerprint density at radius 2 is 1.16 bits per heavy atom. The van der Waals surface area contributed by atoms with E-state index < -0.39 is 131 Å². The van der Waals surface area contributed by atoms with Crippen LogP contribution < -0.4 is 75.7 Å². The molecule has 0 unspecified atom stereocenters. The van der Waals surface area contributed by atoms with Crippen LogP contribution in [0.3, 0.4) is 0 Å². The minimum absolute atomic E-state index is 0.0167. The highest BCUT2D eigenvalue weighted by atomic mass is 35.5. The van der Waals surface area contributed by atoms with E-state index in [0.29, 0.717) is 44.5 Å². The van der Waals surface area contributed by atoms with Crippen molar-refractivity contribution >= 4 is 121 Å². The van der Waals surface area contributed by atoms with Gasteiger partial charge in [-0.25, -0.2) is 0 Å². The van der Waals surface area contributed by atoms with Crippen molar-refractivity contribution in [1.82, 2.24) is 73.4 Å². The summed E-state index contributed by atoms with van der Waals surface area (Å²) >= 11 is 6.28. The number of hydrogen-bond donors (Lipinski definition) is 16. The van der Waals surface area contributed by atoms with Crippen LogP contribution in [0.4, 0.5) is 0 Å². The van der Waals surface area contributed by atoms with E-state index in [9.17, 15) is 33.6 Å². The molecule has 0 radical (unpaired) electrons. The van der Waals surface area contributed by atoms with Crippen LogP contribution in [0.5, 0.6) is 0 Å². The number of nitrogens with one attached hydrogen (secondary N) is 13. The van der Waals surface area contributed by atoms with Gasteiger partial charge in [-0.2, -0.15) is 0 Å². The Balaban J connectivity index is 1.26. The van der Waals surface area contributed by atoms with Crippen molar-refractivity contribution in [3.63, 3.8) is 0 Å². The first kappa shape index (κ1) is 78.3. The normalized spacial score (nSPS) is 20.4. The van der Waals surface area contributed by atoms with Crippen molar-refractivity contribution in [2.45, 2.75) is 151 Å². The fourth-order valence-electron chi connectivity index (χ4n) is 11.5. The highest BCUT2D eigenvalue weighted by Gasteiger charge is 2.41. The molecule has 2 aromatic heterocycles. The summed E-state index contributed by atoms with van der Waals surface area (Å²) in [5.74, 6) is -10.5. The lowest BCUT2D eigenvalue weighted by atomic mass is 9.99. The number of rotatable bonds is 26. The smallest absolute Gasteiger partial charge is 0.254 e. The predicted molar refractivity (Wildman–Crippen MR) is 383 cm³/mol. The molecule has 30 nitrogen and oxygen atoms in total. The molecule has 540 valence electrons. The molecule has 0 spiro atoms. The average Bonchev–Trinajstić information content (AvgIpc) is 1.28. The third kappa shape index (κ3) is 25.2. The van der Waals surface area contributed by atoms with Crippen LogP contribution in [0.25, 0.3) is 10.8 Å². The summed E-state index contributed by atoms with van der Waals surface area (Å²) in [6, 6.07) is 13.7. The molecule has 2 aliphatic rings. The monoisotopic (exact) mass is 1450 g/mol. The van der Waals surface area contributed by atoms with Gasteiger partial charge in [-0.3, -0.25) is 73.5 Å². The maximum absolute atomic E-state index is 15.3. The maximum Gasteiger partial charge on any atom is 0.254 e. The first-order chi connectivity index (χ1) is 48.3. The van der Waals surface area contributed by atoms with Gasteiger partial charge in [-0.1, -0.05) is 114 Å². The molecule has 10 atom stereocenters. The number of halogens is 1. The number of carbonyl (C=O) groups excluding carboxylic acids is 11. The quantitative estimate of drug-likeness (QED) is 0.0154. The second-order valence-electron chi connectivity index (χ2n) is 25.0. The van der Waals surface area contributed by atoms with Crippen LogP contribution in [0.2, 0.25) is 5.02 Å². The Hall–Kier alpha value is -10.1. The highest BCUT2D eigenvalue weighted by molar-refractivity contribution is 8.77. The summed E-state index contributed by atoms with van der Waals surface area (Å²) in [5.41, 5.74) is 19.2. The second kappa shape index (κ2) is 39.1. The number of nitrogens with two attached hydrogens (primary N) is 3. The minimum atomic E-state index is -1.75. The number of hydrogen-bond acceptors (Lipinski definition) is 17. The molecular formula is C68H88ClN19O11S2. The Morgan fingerprint density at radius 1 is 0.614 bits per heavy atom. The van der Waals surface area contributed by atoms with Gasteiger partial charge in [0, 0.05) is 87.8 Å². The van der Waals surface area contributed by atoms with Crippen LogP contribution in [0.1, 0.15) is 88.0 Å². The van der Waals surface area contributed by atoms with Crippen molar-refractivity contribution in [3.05, 3.63) is 143 Å². The van der Waals surface area contributed by atoms with E-state index in [4.69, 9.17) is 39.6 Å². The van der Waals surface area contributed by atoms with Gasteiger partial charge in [0.1, 0.15) is 54.4 Å². The standard InChI is InChI=1S/C68H88ClN19O11S2/c1-38(2)29-49-58(92)81-48(16-9-27-78-68(73)74)66(99)88-28-10-17-55(88)63(97)86-54(56(70)90)37-100-101-65(64(98)80-47(15-8-26-77-67(71)72)57(91)83-52(61(95)82-49)33-42-11-6-24-75-35-42)87-62(96)53(34-43-12-7-25-76-36-43)85-60(94)51(31-40-19-22-46(69)23-20-40)84-59(93)50(79-39(3)89)32-41-18-21-44-13-4-5-14-45(44)30-41/h4-7,11-14,18-25,30,35-36,38,47-55,65H,8-10,15-17,26-29,31-34,37H2,1-3H3,(H2,70,90)(H,79,89)(H,80,98)(H,81,92)(H,82,95)(H,83,91)(H,84,93)(H,85,94)(H,86,97)(H,87,96)(H4,71,72,77)(H4,73,74,78)/t47-,48-,49-,50+,51+,52+,53+,54-,55-,65-/m0/s1. The zero-order chi connectivity index (χ0) is 73.1. The number of aromatic nitrogens is 2. The highest BCUT2D eigenvalue weighted by Crippen LogP contribution is 2.28. The van der Waals surface area contributed by atoms with E-state index >= 15 is 19.2 Å². The molecule has 2 aliphatic heterocycles. The molecule has 33 heteroatoms. The van der Waals surface area contributed by atoms with Crippen LogP contribution in [-0.2, 0) is 78.4 Å². The first-order valence-corrected chi connectivity index (χ1v) is 35.8. The third-order valence-electron chi connectivity index (χ3n) is 16.5. The zero-order valence-corrected chi connectivity index (χ0v) is 58.6. The zero-order valence-electron chi connectivity index (χ0n) is 56.2. The van der Waals surface area contributed by atoms with Gasteiger partial charge in [-0.15, -0.1) is 0 Å². The van der Waals surface area contributed by atoms with Crippen molar-refractivity contribution < 1.29 is 52.7 Å². The molecule has 0 aliphatic carbocycles. The number of primary amides is 1. The second-order valence-corrected chi connectivity index (χ2v) is 27.9. The predicted octanol–water partition coefficient (Wildman–Crippen LogP) is 0.338. The number of carbonyl (C=O) groups is 11. The van der Waals surface area contributed by atoms with E-state index in [-0.39, 0.29) is 101 Å². The fourth-order valence-corrected chi connectivity index (χ4v) is 14.0. The van der Waals surface area contributed by atoms with Crippen LogP contribution in [0.15, 0.2) is 116 Å². The van der Waals surface area contributed by atoms with Crippen LogP contribution in [-0.4, -0.2) is 177 Å². The fraction of sp³-hybridized carbons (Fsp3) is 0.426. The van der Waals surface area contributed by atoms with Gasteiger partial charge in [0.2, 0.25) is 59.1 Å². The molecule has 2 saturated heterocycles. The van der Waals surface area contributed by atoms with Gasteiger partial charge >= 0.3 is 0 Å². The third-order valence-corrected chi connectivity index (χ3v) is 19.3. The molecular weight excluding hydrogens is 1360 g/mol. The van der Waals surface area contributed by atoms with Gasteiger partial charge in [0.25, 0.3) is 5.91 Å². The molecule has 11 amide bonds. The van der Waals surface area contributed by atoms with Crippen molar-refractivity contribution in [1.29, 1.82) is 10.8 Å². The van der Waals surface area contributed by atoms with E-state index in [1.165, 1.54) is 36.6 Å². The van der Waals surface area contributed by atoms with Crippen LogP contribution in [0, 0.1) is 16.7 Å². The Kier molecular flexibility index (Phi) is 30.3. The summed E-state index contributed by atoms with van der Waals surface area (Å²) in [5, 5.41) is 46.0. The molecule has 7 rings (SSSR count). The largest absolute Gasteiger partial charge is 0.370 e. The Bertz CT molecular complexity index is 3750. The molecule has 0 saturated carbocycles. The number of amides is 11. The molecule has 2 fully saturated rings. The summed E-state index contributed by atoms with van der Waals surface area (Å²) < 4.78 is 0. The molecule has 101 heavy (non-hydrogen) atoms. The molecule has 19 N–H and O–H groups in total. The van der Waals surface area contributed by atoms with Crippen molar-refractivity contribution in [2.24, 2.45) is 23.1 Å². The minimum Gasteiger partial charge on any atom is -0.370 e. The maximum atomic E-state index is 15.3. The Labute approximate surface area is 597 Å². The van der Waals surface area contributed by atoms with E-state index in [2.05, 4.69) is 68.5 Å². The number of nitrogens with zero attached hydrogens (tertiary/aromatic N) is 3. The van der Waals surface area contributed by atoms with E-state index in [0.717, 1.165) is 21.6 Å². The van der Waals surface area contributed by atoms with Gasteiger partial charge in [0.15, 0.2) is 17.3 Å². The van der Waals surface area contributed by atoms with E-state index in [1.807, 2.05) is 42.5 Å². The summed E-state index contributed by atoms with van der Waals surface area (Å²) in [6.07, 6.45) is 5.89. The van der Waals surface area contributed by atoms with Crippen LogP contribution >= 0.6 is 33.2 Å². The molecule has 0 bridgehead atoms. The number of fused-ring (bicyclic) bond motifs is 2. The summed E-state index contributed by atoms with van der Waals surface area (Å²) in [7, 11) is 1.47. The molecule has 3 aromatic carbocycles. The van der Waals surface area contributed by atoms with E-state index in [1.54, 1.807) is 62.4 Å². The lowest BCUT2D eigenvalue weighted by Gasteiger charge is -2.31. The van der Waals surface area contributed by atoms with Crippen molar-refractivity contribution in [2.75, 3.05) is 25.4 Å². The number of benzene rings is 3. The average molecular weight is 1450 g/mol.